The Morgan fingerprint density at radius 2 is 1.88 bits per heavy atom. The van der Waals surface area contributed by atoms with Gasteiger partial charge < -0.3 is 14.9 Å². The Labute approximate surface area is 145 Å². The fourth-order valence-electron chi connectivity index (χ4n) is 2.86. The first-order valence-electron chi connectivity index (χ1n) is 7.89. The van der Waals surface area contributed by atoms with E-state index in [0.717, 1.165) is 0 Å². The Morgan fingerprint density at radius 3 is 2.52 bits per heavy atom. The van der Waals surface area contributed by atoms with E-state index in [2.05, 4.69) is 0 Å². The Kier molecular flexibility index (Phi) is 4.40. The zero-order valence-electron chi connectivity index (χ0n) is 13.8. The lowest BCUT2D eigenvalue weighted by Crippen LogP contribution is -2.52. The topological polar surface area (TPSA) is 84.6 Å². The lowest BCUT2D eigenvalue weighted by atomic mass is 10.1. The summed E-state index contributed by atoms with van der Waals surface area (Å²) >= 11 is 0. The van der Waals surface area contributed by atoms with Crippen LogP contribution in [0.4, 0.5) is 5.69 Å². The SMILES string of the molecule is Cc1c(O)cccc1C(=O)N1CCN(c2ccc(C#N)cc2)C(=O)C1. The molecule has 2 aromatic carbocycles. The molecule has 1 aliphatic heterocycles. The van der Waals surface area contributed by atoms with Gasteiger partial charge in [-0.15, -0.1) is 0 Å². The van der Waals surface area contributed by atoms with E-state index in [1.54, 1.807) is 48.2 Å². The number of phenols is 1. The van der Waals surface area contributed by atoms with Crippen LogP contribution in [0, 0.1) is 18.3 Å². The summed E-state index contributed by atoms with van der Waals surface area (Å²) in [5.41, 5.74) is 2.16. The third-order valence-corrected chi connectivity index (χ3v) is 4.35. The summed E-state index contributed by atoms with van der Waals surface area (Å²) in [6.07, 6.45) is 0. The molecule has 0 atom stereocenters. The van der Waals surface area contributed by atoms with Crippen LogP contribution in [0.3, 0.4) is 0 Å². The first kappa shape index (κ1) is 16.5. The summed E-state index contributed by atoms with van der Waals surface area (Å²) in [7, 11) is 0. The van der Waals surface area contributed by atoms with Gasteiger partial charge >= 0.3 is 0 Å². The predicted molar refractivity (Wildman–Crippen MR) is 92.3 cm³/mol. The molecule has 1 aliphatic rings. The van der Waals surface area contributed by atoms with Crippen molar-refractivity contribution in [1.29, 1.82) is 5.26 Å². The van der Waals surface area contributed by atoms with Crippen LogP contribution in [-0.4, -0.2) is 41.5 Å². The molecule has 0 radical (unpaired) electrons. The minimum absolute atomic E-state index is 0.0199. The second kappa shape index (κ2) is 6.65. The summed E-state index contributed by atoms with van der Waals surface area (Å²) < 4.78 is 0. The van der Waals surface area contributed by atoms with Crippen molar-refractivity contribution in [1.82, 2.24) is 4.90 Å². The third-order valence-electron chi connectivity index (χ3n) is 4.35. The van der Waals surface area contributed by atoms with Crippen LogP contribution in [0.1, 0.15) is 21.5 Å². The van der Waals surface area contributed by atoms with E-state index in [1.807, 2.05) is 6.07 Å². The maximum absolute atomic E-state index is 12.7. The number of piperazine rings is 1. The normalized spacial score (nSPS) is 14.3. The van der Waals surface area contributed by atoms with Crippen LogP contribution >= 0.6 is 0 Å². The summed E-state index contributed by atoms with van der Waals surface area (Å²) in [5.74, 6) is -0.378. The molecule has 6 heteroatoms. The fraction of sp³-hybridized carbons (Fsp3) is 0.211. The van der Waals surface area contributed by atoms with Crippen molar-refractivity contribution in [3.05, 3.63) is 59.2 Å². The fourth-order valence-corrected chi connectivity index (χ4v) is 2.86. The predicted octanol–water partition coefficient (Wildman–Crippen LogP) is 2.06. The van der Waals surface area contributed by atoms with Crippen LogP contribution in [-0.2, 0) is 4.79 Å². The lowest BCUT2D eigenvalue weighted by Gasteiger charge is -2.34. The molecule has 3 rings (SSSR count). The van der Waals surface area contributed by atoms with Crippen LogP contribution in [0.25, 0.3) is 0 Å². The Morgan fingerprint density at radius 1 is 1.16 bits per heavy atom. The van der Waals surface area contributed by atoms with Gasteiger partial charge in [-0.05, 0) is 43.3 Å². The summed E-state index contributed by atoms with van der Waals surface area (Å²) in [5, 5.41) is 18.6. The quantitative estimate of drug-likeness (QED) is 0.910. The van der Waals surface area contributed by atoms with E-state index in [9.17, 15) is 14.7 Å². The highest BCUT2D eigenvalue weighted by Crippen LogP contribution is 2.23. The molecule has 1 N–H and O–H groups in total. The number of phenolic OH excluding ortho intramolecular Hbond substituents is 1. The molecule has 6 nitrogen and oxygen atoms in total. The van der Waals surface area contributed by atoms with Gasteiger partial charge in [0.1, 0.15) is 12.3 Å². The molecule has 25 heavy (non-hydrogen) atoms. The zero-order chi connectivity index (χ0) is 18.0. The van der Waals surface area contributed by atoms with Crippen molar-refractivity contribution in [2.75, 3.05) is 24.5 Å². The van der Waals surface area contributed by atoms with Gasteiger partial charge in [0, 0.05) is 29.9 Å². The maximum Gasteiger partial charge on any atom is 0.254 e. The average Bonchev–Trinajstić information content (AvgIpc) is 2.63. The van der Waals surface area contributed by atoms with E-state index in [1.165, 1.54) is 11.0 Å². The van der Waals surface area contributed by atoms with Gasteiger partial charge in [0.2, 0.25) is 5.91 Å². The summed E-state index contributed by atoms with van der Waals surface area (Å²) in [6.45, 7) is 2.44. The van der Waals surface area contributed by atoms with E-state index in [-0.39, 0.29) is 24.1 Å². The van der Waals surface area contributed by atoms with Crippen LogP contribution in [0.5, 0.6) is 5.75 Å². The van der Waals surface area contributed by atoms with Crippen LogP contribution in [0.15, 0.2) is 42.5 Å². The average molecular weight is 335 g/mol. The van der Waals surface area contributed by atoms with E-state index in [0.29, 0.717) is 35.5 Å². The standard InChI is InChI=1S/C19H17N3O3/c1-13-16(3-2-4-17(13)23)19(25)21-9-10-22(18(24)12-21)15-7-5-14(11-20)6-8-15/h2-8,23H,9-10,12H2,1H3. The number of amides is 2. The molecule has 2 aromatic rings. The van der Waals surface area contributed by atoms with Crippen molar-refractivity contribution >= 4 is 17.5 Å². The van der Waals surface area contributed by atoms with Gasteiger partial charge in [-0.1, -0.05) is 6.07 Å². The van der Waals surface area contributed by atoms with Crippen molar-refractivity contribution in [2.45, 2.75) is 6.92 Å². The Hall–Kier alpha value is -3.33. The van der Waals surface area contributed by atoms with Crippen LogP contribution in [0.2, 0.25) is 0 Å². The van der Waals surface area contributed by atoms with Crippen molar-refractivity contribution in [3.8, 4) is 11.8 Å². The first-order chi connectivity index (χ1) is 12.0. The minimum Gasteiger partial charge on any atom is -0.508 e. The van der Waals surface area contributed by atoms with Gasteiger partial charge in [-0.25, -0.2) is 0 Å². The van der Waals surface area contributed by atoms with Gasteiger partial charge in [0.25, 0.3) is 5.91 Å². The van der Waals surface area contributed by atoms with Crippen molar-refractivity contribution in [3.63, 3.8) is 0 Å². The van der Waals surface area contributed by atoms with Crippen molar-refractivity contribution < 1.29 is 14.7 Å². The first-order valence-corrected chi connectivity index (χ1v) is 7.89. The maximum atomic E-state index is 12.7. The molecular formula is C19H17N3O3. The second-order valence-electron chi connectivity index (χ2n) is 5.88. The molecular weight excluding hydrogens is 318 g/mol. The summed E-state index contributed by atoms with van der Waals surface area (Å²) in [4.78, 5) is 28.2. The smallest absolute Gasteiger partial charge is 0.254 e. The highest BCUT2D eigenvalue weighted by Gasteiger charge is 2.29. The molecule has 1 saturated heterocycles. The van der Waals surface area contributed by atoms with E-state index >= 15 is 0 Å². The van der Waals surface area contributed by atoms with Gasteiger partial charge in [0.05, 0.1) is 11.6 Å². The van der Waals surface area contributed by atoms with E-state index < -0.39 is 0 Å². The Bertz CT molecular complexity index is 868. The molecule has 0 spiro atoms. The Balaban J connectivity index is 1.75. The number of aromatic hydroxyl groups is 1. The molecule has 1 heterocycles. The molecule has 0 saturated carbocycles. The minimum atomic E-state index is -0.263. The monoisotopic (exact) mass is 335 g/mol. The van der Waals surface area contributed by atoms with Gasteiger partial charge in [0.15, 0.2) is 0 Å². The van der Waals surface area contributed by atoms with Gasteiger partial charge in [-0.2, -0.15) is 5.26 Å². The molecule has 1 fully saturated rings. The molecule has 0 unspecified atom stereocenters. The van der Waals surface area contributed by atoms with Crippen LogP contribution < -0.4 is 4.90 Å². The molecule has 126 valence electrons. The second-order valence-corrected chi connectivity index (χ2v) is 5.88. The largest absolute Gasteiger partial charge is 0.508 e. The number of hydrogen-bond acceptors (Lipinski definition) is 4. The lowest BCUT2D eigenvalue weighted by molar-refractivity contribution is -0.120. The number of anilines is 1. The molecule has 0 aliphatic carbocycles. The third kappa shape index (κ3) is 3.17. The number of nitrogens with zero attached hydrogens (tertiary/aromatic N) is 3. The number of hydrogen-bond donors (Lipinski definition) is 1. The highest BCUT2D eigenvalue weighted by atomic mass is 16.3. The number of carbonyl (C=O) groups is 2. The molecule has 2 amide bonds. The zero-order valence-corrected chi connectivity index (χ0v) is 13.8. The van der Waals surface area contributed by atoms with Gasteiger partial charge in [-0.3, -0.25) is 9.59 Å². The number of benzene rings is 2. The highest BCUT2D eigenvalue weighted by molar-refractivity contribution is 6.02. The molecule has 0 aromatic heterocycles. The van der Waals surface area contributed by atoms with Crippen molar-refractivity contribution in [2.24, 2.45) is 0 Å². The summed E-state index contributed by atoms with van der Waals surface area (Å²) in [6, 6.07) is 13.6. The van der Waals surface area contributed by atoms with E-state index in [4.69, 9.17) is 5.26 Å². The number of rotatable bonds is 2. The number of carbonyl (C=O) groups excluding carboxylic acids is 2. The molecule has 0 bridgehead atoms. The number of nitriles is 1.